The van der Waals surface area contributed by atoms with E-state index in [1.165, 1.54) is 5.56 Å². The molecule has 1 aliphatic rings. The van der Waals surface area contributed by atoms with Crippen LogP contribution in [0.3, 0.4) is 0 Å². The van der Waals surface area contributed by atoms with Crippen molar-refractivity contribution in [2.45, 2.75) is 6.54 Å². The Kier molecular flexibility index (Phi) is 3.45. The van der Waals surface area contributed by atoms with Crippen LogP contribution in [-0.2, 0) is 11.3 Å². The maximum Gasteiger partial charge on any atom is 0.167 e. The van der Waals surface area contributed by atoms with Crippen molar-refractivity contribution in [3.05, 3.63) is 47.7 Å². The minimum Gasteiger partial charge on any atom is -0.383 e. The summed E-state index contributed by atoms with van der Waals surface area (Å²) in [5.74, 6) is 1.75. The smallest absolute Gasteiger partial charge is 0.167 e. The molecule has 15 heavy (non-hydrogen) atoms. The van der Waals surface area contributed by atoms with Gasteiger partial charge < -0.3 is 5.32 Å². The summed E-state index contributed by atoms with van der Waals surface area (Å²) in [6.07, 6.45) is 1.72. The number of hydrogen-bond donors (Lipinski definition) is 1. The molecule has 0 atom stereocenters. The molecule has 0 amide bonds. The van der Waals surface area contributed by atoms with Gasteiger partial charge in [-0.25, -0.2) is 0 Å². The van der Waals surface area contributed by atoms with Crippen molar-refractivity contribution in [3.8, 4) is 0 Å². The van der Waals surface area contributed by atoms with Crippen LogP contribution >= 0.6 is 11.8 Å². The summed E-state index contributed by atoms with van der Waals surface area (Å²) >= 11 is 1.67. The number of rotatable bonds is 3. The summed E-state index contributed by atoms with van der Waals surface area (Å²) in [5, 5.41) is 3.29. The van der Waals surface area contributed by atoms with Crippen molar-refractivity contribution < 1.29 is 4.79 Å². The second-order valence-corrected chi connectivity index (χ2v) is 4.45. The lowest BCUT2D eigenvalue weighted by atomic mass is 10.2. The van der Waals surface area contributed by atoms with Crippen LogP contribution in [0.25, 0.3) is 0 Å². The molecule has 0 radical (unpaired) electrons. The molecule has 0 bridgehead atoms. The van der Waals surface area contributed by atoms with Gasteiger partial charge in [0.15, 0.2) is 5.78 Å². The van der Waals surface area contributed by atoms with Crippen molar-refractivity contribution in [3.63, 3.8) is 0 Å². The average molecular weight is 219 g/mol. The first kappa shape index (κ1) is 10.3. The lowest BCUT2D eigenvalue weighted by molar-refractivity contribution is -0.112. The quantitative estimate of drug-likeness (QED) is 0.842. The molecule has 0 aliphatic carbocycles. The normalized spacial score (nSPS) is 16.0. The van der Waals surface area contributed by atoms with Crippen LogP contribution in [0.2, 0.25) is 0 Å². The summed E-state index contributed by atoms with van der Waals surface area (Å²) in [6, 6.07) is 10.2. The third-order valence-electron chi connectivity index (χ3n) is 2.20. The Hall–Kier alpha value is -1.22. The summed E-state index contributed by atoms with van der Waals surface area (Å²) < 4.78 is 0. The minimum atomic E-state index is 0.210. The minimum absolute atomic E-state index is 0.210. The molecule has 78 valence electrons. The van der Waals surface area contributed by atoms with E-state index in [1.807, 2.05) is 18.2 Å². The van der Waals surface area contributed by atoms with E-state index in [9.17, 15) is 4.79 Å². The van der Waals surface area contributed by atoms with E-state index < -0.39 is 0 Å². The summed E-state index contributed by atoms with van der Waals surface area (Å²) in [6.45, 7) is 0.792. The number of hydrogen-bond acceptors (Lipinski definition) is 3. The fraction of sp³-hybridized carbons (Fsp3) is 0.250. The van der Waals surface area contributed by atoms with Gasteiger partial charge in [-0.15, -0.1) is 11.8 Å². The van der Waals surface area contributed by atoms with Gasteiger partial charge in [-0.3, -0.25) is 4.79 Å². The van der Waals surface area contributed by atoms with Crippen LogP contribution < -0.4 is 5.32 Å². The Bertz CT molecular complexity index is 372. The van der Waals surface area contributed by atoms with Gasteiger partial charge >= 0.3 is 0 Å². The molecule has 1 N–H and O–H groups in total. The molecule has 1 aromatic carbocycles. The maximum atomic E-state index is 11.1. The first-order valence-corrected chi connectivity index (χ1v) is 6.09. The lowest BCUT2D eigenvalue weighted by Crippen LogP contribution is -2.20. The Morgan fingerprint density at radius 2 is 2.00 bits per heavy atom. The van der Waals surface area contributed by atoms with Gasteiger partial charge in [0.05, 0.1) is 5.75 Å². The van der Waals surface area contributed by atoms with E-state index in [-0.39, 0.29) is 5.78 Å². The third kappa shape index (κ3) is 3.13. The average Bonchev–Trinajstić information content (AvgIpc) is 2.28. The molecule has 3 heteroatoms. The largest absolute Gasteiger partial charge is 0.383 e. The van der Waals surface area contributed by atoms with Crippen molar-refractivity contribution in [1.29, 1.82) is 0 Å². The number of ketones is 1. The Labute approximate surface area is 93.8 Å². The highest BCUT2D eigenvalue weighted by Gasteiger charge is 2.09. The first-order chi connectivity index (χ1) is 7.34. The number of thioether (sulfide) groups is 1. The second-order valence-electron chi connectivity index (χ2n) is 3.47. The molecule has 1 aliphatic heterocycles. The number of benzene rings is 1. The van der Waals surface area contributed by atoms with Crippen molar-refractivity contribution in [2.24, 2.45) is 0 Å². The predicted octanol–water partition coefficient (Wildman–Crippen LogP) is 1.98. The zero-order valence-corrected chi connectivity index (χ0v) is 9.22. The molecule has 0 saturated carbocycles. The van der Waals surface area contributed by atoms with Crippen LogP contribution in [0.1, 0.15) is 5.56 Å². The van der Waals surface area contributed by atoms with E-state index >= 15 is 0 Å². The number of nitrogens with one attached hydrogen (secondary N) is 1. The highest BCUT2D eigenvalue weighted by molar-refractivity contribution is 8.00. The van der Waals surface area contributed by atoms with Gasteiger partial charge in [-0.1, -0.05) is 30.3 Å². The zero-order chi connectivity index (χ0) is 10.5. The molecule has 2 nitrogen and oxygen atoms in total. The Morgan fingerprint density at radius 1 is 1.20 bits per heavy atom. The van der Waals surface area contributed by atoms with E-state index in [2.05, 4.69) is 17.4 Å². The second kappa shape index (κ2) is 5.03. The zero-order valence-electron chi connectivity index (χ0n) is 8.40. The Balaban J connectivity index is 1.91. The van der Waals surface area contributed by atoms with Crippen LogP contribution in [0.15, 0.2) is 42.1 Å². The molecule has 0 fully saturated rings. The molecule has 1 aromatic rings. The standard InChI is InChI=1S/C12H13NOS/c14-12-6-11(8-15-9-12)13-7-10-4-2-1-3-5-10/h1-6,13H,7-9H2. The molecule has 2 rings (SSSR count). The molecular weight excluding hydrogens is 206 g/mol. The number of carbonyl (C=O) groups is 1. The van der Waals surface area contributed by atoms with E-state index in [0.717, 1.165) is 18.0 Å². The number of carbonyl (C=O) groups excluding carboxylic acids is 1. The van der Waals surface area contributed by atoms with Crippen LogP contribution in [-0.4, -0.2) is 17.3 Å². The van der Waals surface area contributed by atoms with E-state index in [4.69, 9.17) is 0 Å². The SMILES string of the molecule is O=C1C=C(NCc2ccccc2)CSC1. The van der Waals surface area contributed by atoms with Crippen LogP contribution in [0.5, 0.6) is 0 Å². The Morgan fingerprint density at radius 3 is 2.73 bits per heavy atom. The van der Waals surface area contributed by atoms with Gasteiger partial charge in [0, 0.05) is 24.1 Å². The molecule has 0 aromatic heterocycles. The highest BCUT2D eigenvalue weighted by Crippen LogP contribution is 2.13. The van der Waals surface area contributed by atoms with Crippen LogP contribution in [0.4, 0.5) is 0 Å². The topological polar surface area (TPSA) is 29.1 Å². The lowest BCUT2D eigenvalue weighted by Gasteiger charge is -2.14. The fourth-order valence-corrected chi connectivity index (χ4v) is 2.24. The number of allylic oxidation sites excluding steroid dienone is 1. The van der Waals surface area contributed by atoms with E-state index in [1.54, 1.807) is 17.8 Å². The third-order valence-corrected chi connectivity index (χ3v) is 3.20. The summed E-state index contributed by atoms with van der Waals surface area (Å²) in [7, 11) is 0. The van der Waals surface area contributed by atoms with Gasteiger partial charge in [0.1, 0.15) is 0 Å². The summed E-state index contributed by atoms with van der Waals surface area (Å²) in [4.78, 5) is 11.1. The molecule has 0 spiro atoms. The molecule has 1 heterocycles. The van der Waals surface area contributed by atoms with Gasteiger partial charge in [0.2, 0.25) is 0 Å². The summed E-state index contributed by atoms with van der Waals surface area (Å²) in [5.41, 5.74) is 2.28. The monoisotopic (exact) mass is 219 g/mol. The predicted molar refractivity (Wildman–Crippen MR) is 63.7 cm³/mol. The molecule has 0 saturated heterocycles. The van der Waals surface area contributed by atoms with Gasteiger partial charge in [-0.2, -0.15) is 0 Å². The van der Waals surface area contributed by atoms with Gasteiger partial charge in [-0.05, 0) is 5.56 Å². The molecule has 0 unspecified atom stereocenters. The highest BCUT2D eigenvalue weighted by atomic mass is 32.2. The van der Waals surface area contributed by atoms with Crippen molar-refractivity contribution in [2.75, 3.05) is 11.5 Å². The first-order valence-electron chi connectivity index (χ1n) is 4.93. The van der Waals surface area contributed by atoms with Crippen LogP contribution in [0, 0.1) is 0 Å². The molecular formula is C12H13NOS. The van der Waals surface area contributed by atoms with Gasteiger partial charge in [0.25, 0.3) is 0 Å². The fourth-order valence-electron chi connectivity index (χ4n) is 1.45. The van der Waals surface area contributed by atoms with Crippen molar-refractivity contribution in [1.82, 2.24) is 5.32 Å². The maximum absolute atomic E-state index is 11.1. The van der Waals surface area contributed by atoms with E-state index in [0.29, 0.717) is 5.75 Å². The van der Waals surface area contributed by atoms with Crippen molar-refractivity contribution >= 4 is 17.5 Å².